The van der Waals surface area contributed by atoms with Gasteiger partial charge < -0.3 is 14.4 Å². The molecule has 0 spiro atoms. The van der Waals surface area contributed by atoms with Gasteiger partial charge in [0.05, 0.1) is 12.7 Å². The number of likely N-dealkylation sites (tertiary alicyclic amines) is 1. The zero-order valence-electron chi connectivity index (χ0n) is 14.9. The van der Waals surface area contributed by atoms with Crippen LogP contribution in [0.25, 0.3) is 0 Å². The van der Waals surface area contributed by atoms with Gasteiger partial charge in [0.2, 0.25) is 0 Å². The number of ether oxygens (including phenoxy) is 2. The van der Waals surface area contributed by atoms with Crippen LogP contribution in [0.3, 0.4) is 0 Å². The Labute approximate surface area is 149 Å². The summed E-state index contributed by atoms with van der Waals surface area (Å²) in [6.45, 7) is 8.57. The van der Waals surface area contributed by atoms with Gasteiger partial charge in [-0.3, -0.25) is 4.90 Å². The van der Waals surface area contributed by atoms with E-state index in [1.807, 2.05) is 12.1 Å². The maximum atomic E-state index is 13.9. The molecule has 0 unspecified atom stereocenters. The highest BCUT2D eigenvalue weighted by Crippen LogP contribution is 2.27. The normalized spacial score (nSPS) is 29.5. The van der Waals surface area contributed by atoms with E-state index in [4.69, 9.17) is 9.47 Å². The molecule has 0 bridgehead atoms. The summed E-state index contributed by atoms with van der Waals surface area (Å²) in [5.41, 5.74) is 0.790. The fraction of sp³-hybridized carbons (Fsp3) is 0.700. The quantitative estimate of drug-likeness (QED) is 0.834. The highest BCUT2D eigenvalue weighted by molar-refractivity contribution is 5.17. The van der Waals surface area contributed by atoms with Crippen molar-refractivity contribution in [2.75, 3.05) is 52.5 Å². The summed E-state index contributed by atoms with van der Waals surface area (Å²) in [6.07, 6.45) is 2.67. The predicted octanol–water partition coefficient (Wildman–Crippen LogP) is 2.38. The molecule has 0 aliphatic carbocycles. The lowest BCUT2D eigenvalue weighted by Crippen LogP contribution is -2.37. The summed E-state index contributed by atoms with van der Waals surface area (Å²) < 4.78 is 25.6. The third-order valence-electron chi connectivity index (χ3n) is 5.90. The van der Waals surface area contributed by atoms with E-state index in [0.717, 1.165) is 57.5 Å². The van der Waals surface area contributed by atoms with Crippen LogP contribution in [0, 0.1) is 17.7 Å². The molecule has 1 aromatic rings. The van der Waals surface area contributed by atoms with Crippen molar-refractivity contribution in [3.8, 4) is 0 Å². The van der Waals surface area contributed by atoms with Gasteiger partial charge in [0.15, 0.2) is 0 Å². The van der Waals surface area contributed by atoms with Crippen molar-refractivity contribution in [1.29, 1.82) is 0 Å². The number of nitrogens with zero attached hydrogens (tertiary/aromatic N) is 2. The second-order valence-electron chi connectivity index (χ2n) is 7.77. The third kappa shape index (κ3) is 4.40. The van der Waals surface area contributed by atoms with Crippen LogP contribution < -0.4 is 0 Å². The first-order chi connectivity index (χ1) is 12.3. The van der Waals surface area contributed by atoms with Gasteiger partial charge in [-0.1, -0.05) is 18.2 Å². The summed E-state index contributed by atoms with van der Waals surface area (Å²) >= 11 is 0. The Bertz CT molecular complexity index is 564. The summed E-state index contributed by atoms with van der Waals surface area (Å²) in [6, 6.07) is 7.11. The summed E-state index contributed by atoms with van der Waals surface area (Å²) in [4.78, 5) is 4.94. The highest BCUT2D eigenvalue weighted by atomic mass is 19.1. The van der Waals surface area contributed by atoms with E-state index in [0.29, 0.717) is 18.6 Å². The van der Waals surface area contributed by atoms with Crippen LogP contribution in [0.15, 0.2) is 24.3 Å². The molecule has 4 rings (SSSR count). The van der Waals surface area contributed by atoms with E-state index < -0.39 is 0 Å². The summed E-state index contributed by atoms with van der Waals surface area (Å²) in [5.74, 6) is 1.20. The molecule has 3 fully saturated rings. The molecule has 0 aromatic heterocycles. The van der Waals surface area contributed by atoms with E-state index >= 15 is 0 Å². The smallest absolute Gasteiger partial charge is 0.127 e. The minimum Gasteiger partial charge on any atom is -0.381 e. The lowest BCUT2D eigenvalue weighted by molar-refractivity contribution is 0.0453. The Kier molecular flexibility index (Phi) is 5.66. The molecule has 3 aliphatic heterocycles. The molecule has 2 atom stereocenters. The Morgan fingerprint density at radius 1 is 1.00 bits per heavy atom. The standard InChI is InChI=1S/C20H29FN2O2/c21-19-4-2-1-3-17(19)12-23-14-18-13-22(7-10-25-20(18)15-23)11-16-5-8-24-9-6-16/h1-4,16,18,20H,5-15H2/t18-,20+/m0/s1. The number of rotatable bonds is 4. The van der Waals surface area contributed by atoms with Gasteiger partial charge in [0, 0.05) is 64.0 Å². The monoisotopic (exact) mass is 348 g/mol. The maximum absolute atomic E-state index is 13.9. The van der Waals surface area contributed by atoms with E-state index in [-0.39, 0.29) is 5.82 Å². The molecule has 5 heteroatoms. The maximum Gasteiger partial charge on any atom is 0.127 e. The van der Waals surface area contributed by atoms with Gasteiger partial charge >= 0.3 is 0 Å². The Balaban J connectivity index is 1.33. The van der Waals surface area contributed by atoms with E-state index in [2.05, 4.69) is 9.80 Å². The van der Waals surface area contributed by atoms with Gasteiger partial charge in [0.1, 0.15) is 5.82 Å². The second kappa shape index (κ2) is 8.12. The van der Waals surface area contributed by atoms with Crippen molar-refractivity contribution in [2.45, 2.75) is 25.5 Å². The van der Waals surface area contributed by atoms with Crippen molar-refractivity contribution in [2.24, 2.45) is 11.8 Å². The Morgan fingerprint density at radius 2 is 1.80 bits per heavy atom. The topological polar surface area (TPSA) is 24.9 Å². The SMILES string of the molecule is Fc1ccccc1CN1C[C@@H]2CN(CC3CCOCC3)CCO[C@@H]2C1. The number of hydrogen-bond acceptors (Lipinski definition) is 4. The Hall–Kier alpha value is -1.01. The Morgan fingerprint density at radius 3 is 2.64 bits per heavy atom. The van der Waals surface area contributed by atoms with Gasteiger partial charge in [-0.25, -0.2) is 4.39 Å². The van der Waals surface area contributed by atoms with Crippen molar-refractivity contribution in [3.63, 3.8) is 0 Å². The minimum atomic E-state index is -0.100. The fourth-order valence-electron chi connectivity index (χ4n) is 4.50. The van der Waals surface area contributed by atoms with Crippen LogP contribution in [0.2, 0.25) is 0 Å². The molecule has 25 heavy (non-hydrogen) atoms. The zero-order valence-corrected chi connectivity index (χ0v) is 14.9. The van der Waals surface area contributed by atoms with Crippen LogP contribution in [-0.2, 0) is 16.0 Å². The molecule has 3 aliphatic rings. The predicted molar refractivity (Wildman–Crippen MR) is 94.9 cm³/mol. The molecular formula is C20H29FN2O2. The zero-order chi connectivity index (χ0) is 17.1. The van der Waals surface area contributed by atoms with Crippen LogP contribution in [0.4, 0.5) is 4.39 Å². The summed E-state index contributed by atoms with van der Waals surface area (Å²) in [7, 11) is 0. The van der Waals surface area contributed by atoms with Crippen molar-refractivity contribution in [3.05, 3.63) is 35.6 Å². The molecule has 0 amide bonds. The highest BCUT2D eigenvalue weighted by Gasteiger charge is 2.37. The number of hydrogen-bond donors (Lipinski definition) is 0. The van der Waals surface area contributed by atoms with E-state index in [9.17, 15) is 4.39 Å². The molecule has 1 aromatic carbocycles. The summed E-state index contributed by atoms with van der Waals surface area (Å²) in [5, 5.41) is 0. The van der Waals surface area contributed by atoms with E-state index in [1.54, 1.807) is 12.1 Å². The first-order valence-electron chi connectivity index (χ1n) is 9.65. The lowest BCUT2D eigenvalue weighted by Gasteiger charge is -2.30. The van der Waals surface area contributed by atoms with Crippen LogP contribution in [-0.4, -0.2) is 68.4 Å². The first kappa shape index (κ1) is 17.4. The lowest BCUT2D eigenvalue weighted by atomic mass is 9.98. The average Bonchev–Trinajstić information content (AvgIpc) is 2.89. The van der Waals surface area contributed by atoms with Crippen molar-refractivity contribution < 1.29 is 13.9 Å². The fourth-order valence-corrected chi connectivity index (χ4v) is 4.50. The molecule has 0 radical (unpaired) electrons. The van der Waals surface area contributed by atoms with Crippen LogP contribution in [0.1, 0.15) is 18.4 Å². The van der Waals surface area contributed by atoms with Gasteiger partial charge in [0.25, 0.3) is 0 Å². The largest absolute Gasteiger partial charge is 0.381 e. The number of benzene rings is 1. The van der Waals surface area contributed by atoms with Gasteiger partial charge in [-0.05, 0) is 24.8 Å². The second-order valence-corrected chi connectivity index (χ2v) is 7.77. The molecular weight excluding hydrogens is 319 g/mol. The van der Waals surface area contributed by atoms with Crippen LogP contribution in [0.5, 0.6) is 0 Å². The van der Waals surface area contributed by atoms with E-state index in [1.165, 1.54) is 19.4 Å². The minimum absolute atomic E-state index is 0.100. The van der Waals surface area contributed by atoms with Crippen molar-refractivity contribution >= 4 is 0 Å². The molecule has 3 heterocycles. The molecule has 4 nitrogen and oxygen atoms in total. The molecule has 0 N–H and O–H groups in total. The average molecular weight is 348 g/mol. The van der Waals surface area contributed by atoms with Gasteiger partial charge in [-0.2, -0.15) is 0 Å². The molecule has 0 saturated carbocycles. The number of fused-ring (bicyclic) bond motifs is 1. The first-order valence-corrected chi connectivity index (χ1v) is 9.65. The van der Waals surface area contributed by atoms with Crippen molar-refractivity contribution in [1.82, 2.24) is 9.80 Å². The number of halogens is 1. The third-order valence-corrected chi connectivity index (χ3v) is 5.90. The van der Waals surface area contributed by atoms with Crippen LogP contribution >= 0.6 is 0 Å². The molecule has 3 saturated heterocycles. The molecule has 138 valence electrons. The van der Waals surface area contributed by atoms with Gasteiger partial charge in [-0.15, -0.1) is 0 Å².